The number of ether oxygens (including phenoxy) is 5. The van der Waals surface area contributed by atoms with Crippen LogP contribution in [0.5, 0.6) is 0 Å². The third kappa shape index (κ3) is 19.8. The van der Waals surface area contributed by atoms with Crippen molar-refractivity contribution >= 4 is 0 Å². The molecular weight excluding hydrogens is 288 g/mol. The Morgan fingerprint density at radius 2 is 0.864 bits per heavy atom. The summed E-state index contributed by atoms with van der Waals surface area (Å²) in [5, 5.41) is 8.50. The highest BCUT2D eigenvalue weighted by Crippen LogP contribution is 2.17. The summed E-state index contributed by atoms with van der Waals surface area (Å²) in [5.74, 6) is 0. The van der Waals surface area contributed by atoms with Gasteiger partial charge in [-0.3, -0.25) is 0 Å². The standard InChI is InChI=1S/C16H34O6/c1-16(2,3)4-6-18-8-10-20-12-14-22-15-13-21-11-9-19-7-5-17/h17H,4-15H2,1-3H3. The summed E-state index contributed by atoms with van der Waals surface area (Å²) in [7, 11) is 0. The highest BCUT2D eigenvalue weighted by atomic mass is 16.6. The number of aliphatic hydroxyl groups is 1. The van der Waals surface area contributed by atoms with Gasteiger partial charge in [-0.1, -0.05) is 20.8 Å². The minimum absolute atomic E-state index is 0.0464. The van der Waals surface area contributed by atoms with Gasteiger partial charge in [0.25, 0.3) is 0 Å². The molecule has 1 N–H and O–H groups in total. The summed E-state index contributed by atoms with van der Waals surface area (Å²) < 4.78 is 26.6. The summed E-state index contributed by atoms with van der Waals surface area (Å²) in [5.41, 5.74) is 0.321. The second-order valence-electron chi connectivity index (χ2n) is 6.10. The Labute approximate surface area is 135 Å². The molecule has 0 spiro atoms. The zero-order valence-corrected chi connectivity index (χ0v) is 14.5. The highest BCUT2D eigenvalue weighted by molar-refractivity contribution is 4.59. The zero-order chi connectivity index (χ0) is 16.5. The minimum Gasteiger partial charge on any atom is -0.394 e. The van der Waals surface area contributed by atoms with Crippen LogP contribution >= 0.6 is 0 Å². The number of rotatable bonds is 16. The van der Waals surface area contributed by atoms with E-state index in [1.165, 1.54) is 0 Å². The monoisotopic (exact) mass is 322 g/mol. The molecule has 134 valence electrons. The fraction of sp³-hybridized carbons (Fsp3) is 1.00. The Kier molecular flexibility index (Phi) is 15.5. The molecular formula is C16H34O6. The number of hydrogen-bond acceptors (Lipinski definition) is 6. The molecule has 0 aromatic heterocycles. The average Bonchev–Trinajstić information content (AvgIpc) is 2.45. The van der Waals surface area contributed by atoms with E-state index in [2.05, 4.69) is 20.8 Å². The maximum atomic E-state index is 8.50. The first-order valence-corrected chi connectivity index (χ1v) is 8.06. The quantitative estimate of drug-likeness (QED) is 0.434. The first kappa shape index (κ1) is 21.8. The van der Waals surface area contributed by atoms with E-state index in [1.807, 2.05) is 0 Å². The van der Waals surface area contributed by atoms with Crippen LogP contribution in [-0.4, -0.2) is 77.8 Å². The van der Waals surface area contributed by atoms with Crippen LogP contribution in [0.1, 0.15) is 27.2 Å². The Bertz CT molecular complexity index is 217. The van der Waals surface area contributed by atoms with Gasteiger partial charge in [0, 0.05) is 6.61 Å². The summed E-state index contributed by atoms with van der Waals surface area (Å²) in [4.78, 5) is 0. The Balaban J connectivity index is 3.00. The van der Waals surface area contributed by atoms with Gasteiger partial charge in [-0.25, -0.2) is 0 Å². The van der Waals surface area contributed by atoms with Crippen LogP contribution in [0, 0.1) is 5.41 Å². The predicted molar refractivity (Wildman–Crippen MR) is 85.3 cm³/mol. The fourth-order valence-electron chi connectivity index (χ4n) is 1.42. The third-order valence-corrected chi connectivity index (χ3v) is 2.72. The summed E-state index contributed by atoms with van der Waals surface area (Å²) in [6.45, 7) is 12.3. The largest absolute Gasteiger partial charge is 0.394 e. The topological polar surface area (TPSA) is 66.4 Å². The van der Waals surface area contributed by atoms with Crippen molar-refractivity contribution in [3.8, 4) is 0 Å². The lowest BCUT2D eigenvalue weighted by Crippen LogP contribution is -2.14. The van der Waals surface area contributed by atoms with E-state index in [4.69, 9.17) is 28.8 Å². The molecule has 0 bridgehead atoms. The second kappa shape index (κ2) is 15.6. The molecule has 0 fully saturated rings. The Morgan fingerprint density at radius 3 is 1.18 bits per heavy atom. The number of aliphatic hydroxyl groups excluding tert-OH is 1. The maximum absolute atomic E-state index is 8.50. The van der Waals surface area contributed by atoms with Crippen LogP contribution in [0.3, 0.4) is 0 Å². The van der Waals surface area contributed by atoms with Gasteiger partial charge in [0.05, 0.1) is 66.1 Å². The molecule has 22 heavy (non-hydrogen) atoms. The van der Waals surface area contributed by atoms with Crippen molar-refractivity contribution in [2.75, 3.05) is 72.7 Å². The smallest absolute Gasteiger partial charge is 0.0701 e. The number of hydrogen-bond donors (Lipinski definition) is 1. The molecule has 0 aromatic carbocycles. The molecule has 0 aliphatic rings. The van der Waals surface area contributed by atoms with Crippen molar-refractivity contribution in [1.82, 2.24) is 0 Å². The molecule has 0 unspecified atom stereocenters. The summed E-state index contributed by atoms with van der Waals surface area (Å²) >= 11 is 0. The zero-order valence-electron chi connectivity index (χ0n) is 14.5. The van der Waals surface area contributed by atoms with E-state index in [9.17, 15) is 0 Å². The van der Waals surface area contributed by atoms with Gasteiger partial charge in [0.1, 0.15) is 0 Å². The van der Waals surface area contributed by atoms with Crippen molar-refractivity contribution in [2.24, 2.45) is 5.41 Å². The van der Waals surface area contributed by atoms with Gasteiger partial charge in [0.2, 0.25) is 0 Å². The van der Waals surface area contributed by atoms with Gasteiger partial charge in [-0.15, -0.1) is 0 Å². The first-order chi connectivity index (χ1) is 10.6. The highest BCUT2D eigenvalue weighted by Gasteiger charge is 2.08. The summed E-state index contributed by atoms with van der Waals surface area (Å²) in [6.07, 6.45) is 1.06. The molecule has 0 atom stereocenters. The molecule has 0 radical (unpaired) electrons. The Hall–Kier alpha value is -0.240. The van der Waals surface area contributed by atoms with Crippen LogP contribution in [-0.2, 0) is 23.7 Å². The molecule has 0 aliphatic carbocycles. The van der Waals surface area contributed by atoms with E-state index >= 15 is 0 Å². The van der Waals surface area contributed by atoms with E-state index in [1.54, 1.807) is 0 Å². The van der Waals surface area contributed by atoms with Crippen molar-refractivity contribution in [1.29, 1.82) is 0 Å². The van der Waals surface area contributed by atoms with Crippen molar-refractivity contribution in [2.45, 2.75) is 27.2 Å². The van der Waals surface area contributed by atoms with Gasteiger partial charge < -0.3 is 28.8 Å². The van der Waals surface area contributed by atoms with E-state index in [0.29, 0.717) is 64.9 Å². The second-order valence-corrected chi connectivity index (χ2v) is 6.10. The van der Waals surface area contributed by atoms with Crippen LogP contribution in [0.25, 0.3) is 0 Å². The lowest BCUT2D eigenvalue weighted by Gasteiger charge is -2.17. The fourth-order valence-corrected chi connectivity index (χ4v) is 1.42. The normalized spacial score (nSPS) is 12.0. The first-order valence-electron chi connectivity index (χ1n) is 8.06. The van der Waals surface area contributed by atoms with E-state index < -0.39 is 0 Å². The van der Waals surface area contributed by atoms with E-state index in [0.717, 1.165) is 13.0 Å². The van der Waals surface area contributed by atoms with Gasteiger partial charge in [-0.2, -0.15) is 0 Å². The van der Waals surface area contributed by atoms with Crippen LogP contribution < -0.4 is 0 Å². The molecule has 0 amide bonds. The van der Waals surface area contributed by atoms with Crippen molar-refractivity contribution in [3.63, 3.8) is 0 Å². The van der Waals surface area contributed by atoms with E-state index in [-0.39, 0.29) is 6.61 Å². The molecule has 0 aromatic rings. The maximum Gasteiger partial charge on any atom is 0.0701 e. The van der Waals surface area contributed by atoms with Crippen molar-refractivity contribution < 1.29 is 28.8 Å². The Morgan fingerprint density at radius 1 is 0.545 bits per heavy atom. The molecule has 0 rings (SSSR count). The van der Waals surface area contributed by atoms with Crippen LogP contribution in [0.15, 0.2) is 0 Å². The minimum atomic E-state index is 0.0464. The van der Waals surface area contributed by atoms with Crippen molar-refractivity contribution in [3.05, 3.63) is 0 Å². The molecule has 0 heterocycles. The van der Waals surface area contributed by atoms with Crippen LogP contribution in [0.2, 0.25) is 0 Å². The SMILES string of the molecule is CC(C)(C)CCOCCOCCOCCOCCOCCO. The van der Waals surface area contributed by atoms with Gasteiger partial charge in [0.15, 0.2) is 0 Å². The van der Waals surface area contributed by atoms with Gasteiger partial charge in [-0.05, 0) is 11.8 Å². The molecule has 0 aliphatic heterocycles. The molecule has 6 nitrogen and oxygen atoms in total. The lowest BCUT2D eigenvalue weighted by molar-refractivity contribution is -0.0144. The third-order valence-electron chi connectivity index (χ3n) is 2.72. The van der Waals surface area contributed by atoms with Crippen LogP contribution in [0.4, 0.5) is 0 Å². The summed E-state index contributed by atoms with van der Waals surface area (Å²) in [6, 6.07) is 0. The molecule has 0 saturated heterocycles. The van der Waals surface area contributed by atoms with Gasteiger partial charge >= 0.3 is 0 Å². The molecule has 0 saturated carbocycles. The predicted octanol–water partition coefficient (Wildman–Crippen LogP) is 1.50. The average molecular weight is 322 g/mol. The molecule has 6 heteroatoms. The lowest BCUT2D eigenvalue weighted by atomic mass is 9.93.